The number of benzene rings is 2. The summed E-state index contributed by atoms with van der Waals surface area (Å²) in [4.78, 5) is 23.5. The maximum Gasteiger partial charge on any atom is 0.313 e. The fraction of sp³-hybridized carbons (Fsp3) is 0.125. The Bertz CT molecular complexity index is 670. The number of carbonyl (C=O) groups excluding carboxylic acids is 2. The SMILES string of the molecule is C[C@@H](NC(=O)C(=O)Nc1ccc(F)cc1)c1ccc(F)cc1. The van der Waals surface area contributed by atoms with Crippen molar-refractivity contribution in [3.63, 3.8) is 0 Å². The summed E-state index contributed by atoms with van der Waals surface area (Å²) in [7, 11) is 0. The summed E-state index contributed by atoms with van der Waals surface area (Å²) in [5, 5.41) is 4.86. The van der Waals surface area contributed by atoms with Gasteiger partial charge in [0.05, 0.1) is 6.04 Å². The standard InChI is InChI=1S/C16H14F2N2O2/c1-10(11-2-4-12(17)5-3-11)19-15(21)16(22)20-14-8-6-13(18)7-9-14/h2-10H,1H3,(H,19,21)(H,20,22)/t10-/m1/s1. The molecule has 2 amide bonds. The highest BCUT2D eigenvalue weighted by Gasteiger charge is 2.17. The van der Waals surface area contributed by atoms with Crippen molar-refractivity contribution < 1.29 is 18.4 Å². The van der Waals surface area contributed by atoms with E-state index < -0.39 is 23.7 Å². The Hall–Kier alpha value is -2.76. The fourth-order valence-corrected chi connectivity index (χ4v) is 1.82. The van der Waals surface area contributed by atoms with E-state index in [-0.39, 0.29) is 5.82 Å². The number of amides is 2. The molecule has 114 valence electrons. The highest BCUT2D eigenvalue weighted by Crippen LogP contribution is 2.13. The van der Waals surface area contributed by atoms with E-state index in [0.29, 0.717) is 11.3 Å². The van der Waals surface area contributed by atoms with Gasteiger partial charge in [0.25, 0.3) is 0 Å². The average Bonchev–Trinajstić information content (AvgIpc) is 2.50. The number of nitrogens with one attached hydrogen (secondary N) is 2. The summed E-state index contributed by atoms with van der Waals surface area (Å²) in [6, 6.07) is 10.2. The van der Waals surface area contributed by atoms with Crippen LogP contribution in [0.15, 0.2) is 48.5 Å². The van der Waals surface area contributed by atoms with E-state index in [9.17, 15) is 18.4 Å². The molecule has 0 aliphatic carbocycles. The molecule has 0 aromatic heterocycles. The van der Waals surface area contributed by atoms with Gasteiger partial charge in [-0.2, -0.15) is 0 Å². The van der Waals surface area contributed by atoms with Crippen LogP contribution in [0.4, 0.5) is 14.5 Å². The Labute approximate surface area is 126 Å². The molecule has 0 saturated carbocycles. The Morgan fingerprint density at radius 3 is 1.91 bits per heavy atom. The lowest BCUT2D eigenvalue weighted by Gasteiger charge is -2.14. The van der Waals surface area contributed by atoms with Crippen molar-refractivity contribution in [3.05, 3.63) is 65.7 Å². The molecule has 0 saturated heterocycles. The molecule has 0 aliphatic rings. The van der Waals surface area contributed by atoms with Gasteiger partial charge in [-0.05, 0) is 48.9 Å². The van der Waals surface area contributed by atoms with E-state index >= 15 is 0 Å². The Morgan fingerprint density at radius 2 is 1.36 bits per heavy atom. The fourth-order valence-electron chi connectivity index (χ4n) is 1.82. The van der Waals surface area contributed by atoms with Gasteiger partial charge in [0, 0.05) is 5.69 Å². The smallest absolute Gasteiger partial charge is 0.313 e. The van der Waals surface area contributed by atoms with Gasteiger partial charge in [-0.3, -0.25) is 9.59 Å². The maximum absolute atomic E-state index is 12.8. The minimum absolute atomic E-state index is 0.316. The highest BCUT2D eigenvalue weighted by atomic mass is 19.1. The molecule has 0 radical (unpaired) electrons. The number of anilines is 1. The van der Waals surface area contributed by atoms with Crippen LogP contribution < -0.4 is 10.6 Å². The third-order valence-corrected chi connectivity index (χ3v) is 3.03. The lowest BCUT2D eigenvalue weighted by atomic mass is 10.1. The predicted molar refractivity (Wildman–Crippen MR) is 78.0 cm³/mol. The molecule has 6 heteroatoms. The van der Waals surface area contributed by atoms with Crippen molar-refractivity contribution >= 4 is 17.5 Å². The number of halogens is 2. The first kappa shape index (κ1) is 15.6. The molecular weight excluding hydrogens is 290 g/mol. The van der Waals surface area contributed by atoms with Crippen LogP contribution in [0.3, 0.4) is 0 Å². The third kappa shape index (κ3) is 4.12. The summed E-state index contributed by atoms with van der Waals surface area (Å²) >= 11 is 0. The molecule has 1 atom stereocenters. The normalized spacial score (nSPS) is 11.6. The van der Waals surface area contributed by atoms with E-state index in [1.807, 2.05) is 0 Å². The van der Waals surface area contributed by atoms with E-state index in [1.54, 1.807) is 6.92 Å². The number of hydrogen-bond donors (Lipinski definition) is 2. The van der Waals surface area contributed by atoms with Gasteiger partial charge >= 0.3 is 11.8 Å². The lowest BCUT2D eigenvalue weighted by Crippen LogP contribution is -2.36. The van der Waals surface area contributed by atoms with Crippen molar-refractivity contribution in [1.29, 1.82) is 0 Å². The van der Waals surface area contributed by atoms with Crippen LogP contribution in [-0.4, -0.2) is 11.8 Å². The lowest BCUT2D eigenvalue weighted by molar-refractivity contribution is -0.136. The van der Waals surface area contributed by atoms with Crippen LogP contribution in [-0.2, 0) is 9.59 Å². The minimum atomic E-state index is -0.861. The summed E-state index contributed by atoms with van der Waals surface area (Å²) in [5.74, 6) is -2.51. The van der Waals surface area contributed by atoms with Crippen LogP contribution in [0, 0.1) is 11.6 Å². The van der Waals surface area contributed by atoms with Crippen LogP contribution in [0.25, 0.3) is 0 Å². The van der Waals surface area contributed by atoms with Crippen molar-refractivity contribution in [2.45, 2.75) is 13.0 Å². The van der Waals surface area contributed by atoms with Gasteiger partial charge in [0.2, 0.25) is 0 Å². The predicted octanol–water partition coefficient (Wildman–Crippen LogP) is 2.78. The molecule has 0 fully saturated rings. The Kier molecular flexibility index (Phi) is 4.83. The summed E-state index contributed by atoms with van der Waals surface area (Å²) in [6.07, 6.45) is 0. The number of carbonyl (C=O) groups is 2. The zero-order chi connectivity index (χ0) is 16.1. The molecule has 0 spiro atoms. The summed E-state index contributed by atoms with van der Waals surface area (Å²) in [5.41, 5.74) is 0.986. The second-order valence-electron chi connectivity index (χ2n) is 4.71. The maximum atomic E-state index is 12.8. The molecule has 0 heterocycles. The van der Waals surface area contributed by atoms with E-state index in [0.717, 1.165) is 0 Å². The van der Waals surface area contributed by atoms with E-state index in [1.165, 1.54) is 48.5 Å². The van der Waals surface area contributed by atoms with Crippen LogP contribution in [0.1, 0.15) is 18.5 Å². The molecule has 2 N–H and O–H groups in total. The molecule has 4 nitrogen and oxygen atoms in total. The van der Waals surface area contributed by atoms with Gasteiger partial charge in [-0.25, -0.2) is 8.78 Å². The van der Waals surface area contributed by atoms with Gasteiger partial charge in [0.1, 0.15) is 11.6 Å². The van der Waals surface area contributed by atoms with Crippen LogP contribution >= 0.6 is 0 Å². The molecular formula is C16H14F2N2O2. The van der Waals surface area contributed by atoms with Crippen molar-refractivity contribution in [2.75, 3.05) is 5.32 Å². The van der Waals surface area contributed by atoms with Crippen molar-refractivity contribution in [3.8, 4) is 0 Å². The molecule has 0 unspecified atom stereocenters. The molecule has 0 aliphatic heterocycles. The highest BCUT2D eigenvalue weighted by molar-refractivity contribution is 6.39. The van der Waals surface area contributed by atoms with Crippen LogP contribution in [0.5, 0.6) is 0 Å². The zero-order valence-corrected chi connectivity index (χ0v) is 11.8. The first-order chi connectivity index (χ1) is 10.5. The second-order valence-corrected chi connectivity index (χ2v) is 4.71. The third-order valence-electron chi connectivity index (χ3n) is 3.03. The minimum Gasteiger partial charge on any atom is -0.341 e. The Morgan fingerprint density at radius 1 is 0.864 bits per heavy atom. The van der Waals surface area contributed by atoms with Crippen LogP contribution in [0.2, 0.25) is 0 Å². The number of hydrogen-bond acceptors (Lipinski definition) is 2. The van der Waals surface area contributed by atoms with Gasteiger partial charge in [0.15, 0.2) is 0 Å². The first-order valence-electron chi connectivity index (χ1n) is 6.58. The average molecular weight is 304 g/mol. The van der Waals surface area contributed by atoms with E-state index in [2.05, 4.69) is 10.6 Å². The molecule has 2 aromatic carbocycles. The largest absolute Gasteiger partial charge is 0.341 e. The second kappa shape index (κ2) is 6.80. The monoisotopic (exact) mass is 304 g/mol. The molecule has 2 rings (SSSR count). The van der Waals surface area contributed by atoms with Gasteiger partial charge in [-0.1, -0.05) is 12.1 Å². The molecule has 22 heavy (non-hydrogen) atoms. The summed E-state index contributed by atoms with van der Waals surface area (Å²) in [6.45, 7) is 1.68. The summed E-state index contributed by atoms with van der Waals surface area (Å²) < 4.78 is 25.6. The van der Waals surface area contributed by atoms with Crippen molar-refractivity contribution in [1.82, 2.24) is 5.32 Å². The number of rotatable bonds is 3. The topological polar surface area (TPSA) is 58.2 Å². The first-order valence-corrected chi connectivity index (χ1v) is 6.58. The molecule has 2 aromatic rings. The van der Waals surface area contributed by atoms with Gasteiger partial charge < -0.3 is 10.6 Å². The zero-order valence-electron chi connectivity index (χ0n) is 11.8. The quantitative estimate of drug-likeness (QED) is 0.857. The van der Waals surface area contributed by atoms with E-state index in [4.69, 9.17) is 0 Å². The Balaban J connectivity index is 1.94. The van der Waals surface area contributed by atoms with Gasteiger partial charge in [-0.15, -0.1) is 0 Å². The van der Waals surface area contributed by atoms with Crippen molar-refractivity contribution in [2.24, 2.45) is 0 Å². The molecule has 0 bridgehead atoms.